The van der Waals surface area contributed by atoms with Gasteiger partial charge in [-0.25, -0.2) is 0 Å². The maximum absolute atomic E-state index is 4.76. The minimum atomic E-state index is 1.08. The molecule has 0 spiro atoms. The molecule has 0 aliphatic carbocycles. The number of pyridine rings is 2. The third kappa shape index (κ3) is 1.64. The van der Waals surface area contributed by atoms with Gasteiger partial charge in [0.2, 0.25) is 0 Å². The molecule has 122 valence electrons. The van der Waals surface area contributed by atoms with Gasteiger partial charge in [0, 0.05) is 22.4 Å². The number of fused-ring (bicyclic) bond motifs is 9. The lowest BCUT2D eigenvalue weighted by atomic mass is 10.0. The normalized spacial score (nSPS) is 12.0. The number of hydrogen-bond acceptors (Lipinski definition) is 1. The molecule has 0 amide bonds. The van der Waals surface area contributed by atoms with E-state index in [0.717, 1.165) is 5.52 Å². The minimum absolute atomic E-state index is 1.08. The fraction of sp³-hybridized carbons (Fsp3) is 0.0417. The Hall–Kier alpha value is -3.39. The molecule has 0 fully saturated rings. The highest BCUT2D eigenvalue weighted by atomic mass is 14.9. The molecule has 0 radical (unpaired) electrons. The molecule has 0 saturated heterocycles. The first-order chi connectivity index (χ1) is 12.8. The zero-order valence-electron chi connectivity index (χ0n) is 14.4. The van der Waals surface area contributed by atoms with E-state index in [4.69, 9.17) is 4.98 Å². The fourth-order valence-electron chi connectivity index (χ4n) is 4.39. The van der Waals surface area contributed by atoms with Gasteiger partial charge in [-0.05, 0) is 53.6 Å². The first-order valence-electron chi connectivity index (χ1n) is 8.92. The van der Waals surface area contributed by atoms with Crippen LogP contribution < -0.4 is 0 Å². The summed E-state index contributed by atoms with van der Waals surface area (Å²) in [5, 5.41) is 6.22. The van der Waals surface area contributed by atoms with Crippen molar-refractivity contribution in [3.05, 3.63) is 84.6 Å². The number of rotatable bonds is 0. The number of para-hydroxylation sites is 1. The zero-order chi connectivity index (χ0) is 17.3. The molecule has 3 aromatic carbocycles. The van der Waals surface area contributed by atoms with Gasteiger partial charge in [-0.15, -0.1) is 0 Å². The monoisotopic (exact) mass is 332 g/mol. The Morgan fingerprint density at radius 3 is 2.31 bits per heavy atom. The molecule has 3 heterocycles. The van der Waals surface area contributed by atoms with Crippen molar-refractivity contribution in [1.29, 1.82) is 0 Å². The Kier molecular flexibility index (Phi) is 2.57. The van der Waals surface area contributed by atoms with Crippen molar-refractivity contribution in [3.8, 4) is 0 Å². The number of nitrogens with zero attached hydrogens (tertiary/aromatic N) is 2. The van der Waals surface area contributed by atoms with Crippen LogP contribution in [0.5, 0.6) is 0 Å². The van der Waals surface area contributed by atoms with Crippen LogP contribution in [0.25, 0.3) is 49.0 Å². The molecule has 26 heavy (non-hydrogen) atoms. The summed E-state index contributed by atoms with van der Waals surface area (Å²) in [6, 6.07) is 26.0. The van der Waals surface area contributed by atoms with Crippen LogP contribution in [0.15, 0.2) is 79.0 Å². The van der Waals surface area contributed by atoms with Crippen molar-refractivity contribution in [1.82, 2.24) is 9.38 Å². The Morgan fingerprint density at radius 1 is 0.692 bits per heavy atom. The summed E-state index contributed by atoms with van der Waals surface area (Å²) >= 11 is 0. The zero-order valence-corrected chi connectivity index (χ0v) is 14.4. The molecular formula is C24H16N2. The van der Waals surface area contributed by atoms with Gasteiger partial charge in [-0.3, -0.25) is 4.98 Å². The van der Waals surface area contributed by atoms with Gasteiger partial charge >= 0.3 is 0 Å². The maximum Gasteiger partial charge on any atom is 0.0816 e. The van der Waals surface area contributed by atoms with Crippen molar-refractivity contribution in [3.63, 3.8) is 0 Å². The predicted octanol–water partition coefficient (Wildman–Crippen LogP) is 6.26. The SMILES string of the molecule is Cc1c2ccccc2n2c3cc4ccccc4cc3c3ncccc3c12. The fourth-order valence-corrected chi connectivity index (χ4v) is 4.39. The molecule has 2 nitrogen and oxygen atoms in total. The molecule has 0 bridgehead atoms. The summed E-state index contributed by atoms with van der Waals surface area (Å²) in [7, 11) is 0. The van der Waals surface area contributed by atoms with Crippen molar-refractivity contribution in [2.75, 3.05) is 0 Å². The topological polar surface area (TPSA) is 17.3 Å². The molecule has 0 N–H and O–H groups in total. The van der Waals surface area contributed by atoms with E-state index in [1.54, 1.807) is 0 Å². The molecule has 6 aromatic rings. The van der Waals surface area contributed by atoms with Crippen LogP contribution in [-0.4, -0.2) is 9.38 Å². The van der Waals surface area contributed by atoms with Crippen LogP contribution in [0.1, 0.15) is 5.56 Å². The summed E-state index contributed by atoms with van der Waals surface area (Å²) in [5.74, 6) is 0. The van der Waals surface area contributed by atoms with E-state index >= 15 is 0 Å². The van der Waals surface area contributed by atoms with E-state index in [9.17, 15) is 0 Å². The molecule has 2 heteroatoms. The number of aryl methyl sites for hydroxylation is 1. The van der Waals surface area contributed by atoms with Crippen LogP contribution in [0.2, 0.25) is 0 Å². The average Bonchev–Trinajstić information content (AvgIpc) is 3.00. The van der Waals surface area contributed by atoms with Gasteiger partial charge in [0.1, 0.15) is 0 Å². The predicted molar refractivity (Wildman–Crippen MR) is 110 cm³/mol. The maximum atomic E-state index is 4.76. The Morgan fingerprint density at radius 2 is 1.42 bits per heavy atom. The van der Waals surface area contributed by atoms with Crippen molar-refractivity contribution < 1.29 is 0 Å². The van der Waals surface area contributed by atoms with Gasteiger partial charge in [0.25, 0.3) is 0 Å². The quantitative estimate of drug-likeness (QED) is 0.237. The van der Waals surface area contributed by atoms with Crippen molar-refractivity contribution >= 4 is 49.0 Å². The van der Waals surface area contributed by atoms with Gasteiger partial charge in [-0.2, -0.15) is 0 Å². The second kappa shape index (κ2) is 4.83. The molecule has 6 rings (SSSR count). The number of aromatic nitrogens is 2. The van der Waals surface area contributed by atoms with E-state index in [1.165, 1.54) is 49.0 Å². The summed E-state index contributed by atoms with van der Waals surface area (Å²) in [6.07, 6.45) is 1.89. The first-order valence-corrected chi connectivity index (χ1v) is 8.92. The Bertz CT molecular complexity index is 1490. The lowest BCUT2D eigenvalue weighted by Gasteiger charge is -2.11. The molecule has 0 saturated carbocycles. The van der Waals surface area contributed by atoms with Crippen LogP contribution in [0.3, 0.4) is 0 Å². The second-order valence-electron chi connectivity index (χ2n) is 6.94. The van der Waals surface area contributed by atoms with Gasteiger partial charge in [-0.1, -0.05) is 42.5 Å². The summed E-state index contributed by atoms with van der Waals surface area (Å²) < 4.78 is 2.41. The standard InChI is InChI=1S/C24H16N2/c1-15-18-9-4-5-11-21(18)26-22-14-17-8-3-2-7-16(17)13-20(22)23-19(24(15)26)10-6-12-25-23/h2-14H,1H3. The molecule has 0 aliphatic rings. The third-order valence-corrected chi connectivity index (χ3v) is 5.55. The molecule has 0 unspecified atom stereocenters. The van der Waals surface area contributed by atoms with E-state index in [-0.39, 0.29) is 0 Å². The molecule has 0 aliphatic heterocycles. The summed E-state index contributed by atoms with van der Waals surface area (Å²) in [5.41, 5.74) is 6.12. The first kappa shape index (κ1) is 13.9. The summed E-state index contributed by atoms with van der Waals surface area (Å²) in [4.78, 5) is 4.76. The van der Waals surface area contributed by atoms with E-state index < -0.39 is 0 Å². The third-order valence-electron chi connectivity index (χ3n) is 5.55. The van der Waals surface area contributed by atoms with Crippen molar-refractivity contribution in [2.45, 2.75) is 6.92 Å². The Balaban J connectivity index is 2.05. The molecule has 3 aromatic heterocycles. The van der Waals surface area contributed by atoms with Gasteiger partial charge in [0.15, 0.2) is 0 Å². The van der Waals surface area contributed by atoms with Crippen molar-refractivity contribution in [2.24, 2.45) is 0 Å². The lowest BCUT2D eigenvalue weighted by molar-refractivity contribution is 1.33. The van der Waals surface area contributed by atoms with Crippen LogP contribution in [0.4, 0.5) is 0 Å². The van der Waals surface area contributed by atoms with E-state index in [0.29, 0.717) is 0 Å². The van der Waals surface area contributed by atoms with Crippen LogP contribution in [0, 0.1) is 6.92 Å². The molecule has 0 atom stereocenters. The minimum Gasteiger partial charge on any atom is -0.308 e. The highest BCUT2D eigenvalue weighted by Crippen LogP contribution is 2.37. The number of benzene rings is 3. The van der Waals surface area contributed by atoms with Crippen LogP contribution >= 0.6 is 0 Å². The Labute approximate surface area is 150 Å². The summed E-state index contributed by atoms with van der Waals surface area (Å²) in [6.45, 7) is 2.22. The van der Waals surface area contributed by atoms with Gasteiger partial charge < -0.3 is 4.40 Å². The lowest BCUT2D eigenvalue weighted by Crippen LogP contribution is -1.93. The van der Waals surface area contributed by atoms with E-state index in [1.807, 2.05) is 12.3 Å². The largest absolute Gasteiger partial charge is 0.308 e. The van der Waals surface area contributed by atoms with Crippen LogP contribution in [-0.2, 0) is 0 Å². The molecular weight excluding hydrogens is 316 g/mol. The van der Waals surface area contributed by atoms with E-state index in [2.05, 4.69) is 78.1 Å². The highest BCUT2D eigenvalue weighted by molar-refractivity contribution is 6.17. The second-order valence-corrected chi connectivity index (χ2v) is 6.94. The highest BCUT2D eigenvalue weighted by Gasteiger charge is 2.16. The smallest absolute Gasteiger partial charge is 0.0816 e. The number of hydrogen-bond donors (Lipinski definition) is 0. The van der Waals surface area contributed by atoms with Gasteiger partial charge in [0.05, 0.1) is 22.1 Å². The average molecular weight is 332 g/mol.